The number of rotatable bonds is 5. The molecule has 0 aromatic heterocycles. The van der Waals surface area contributed by atoms with E-state index in [-0.39, 0.29) is 0 Å². The first-order valence-corrected chi connectivity index (χ1v) is 6.26. The zero-order valence-corrected chi connectivity index (χ0v) is 11.2. The van der Waals surface area contributed by atoms with Gasteiger partial charge >= 0.3 is 0 Å². The van der Waals surface area contributed by atoms with Crippen molar-refractivity contribution in [1.82, 2.24) is 0 Å². The van der Waals surface area contributed by atoms with Crippen LogP contribution in [-0.4, -0.2) is 13.7 Å². The zero-order valence-electron chi connectivity index (χ0n) is 11.2. The molecular formula is C17H15NO2. The van der Waals surface area contributed by atoms with Crippen molar-refractivity contribution in [2.75, 3.05) is 13.7 Å². The molecule has 0 saturated heterocycles. The molecule has 3 heteroatoms. The average molecular weight is 265 g/mol. The first-order valence-electron chi connectivity index (χ1n) is 6.26. The van der Waals surface area contributed by atoms with E-state index < -0.39 is 0 Å². The molecule has 20 heavy (non-hydrogen) atoms. The molecule has 0 saturated carbocycles. The van der Waals surface area contributed by atoms with Crippen LogP contribution in [-0.2, 0) is 0 Å². The average Bonchev–Trinajstić information content (AvgIpc) is 2.52. The van der Waals surface area contributed by atoms with Crippen molar-refractivity contribution in [3.05, 3.63) is 65.7 Å². The second-order valence-electron chi connectivity index (χ2n) is 4.10. The third-order valence-electron chi connectivity index (χ3n) is 2.74. The van der Waals surface area contributed by atoms with Crippen molar-refractivity contribution in [3.63, 3.8) is 0 Å². The lowest BCUT2D eigenvalue weighted by Gasteiger charge is -2.09. The van der Waals surface area contributed by atoms with Crippen LogP contribution in [0, 0.1) is 11.3 Å². The molecular weight excluding hydrogens is 250 g/mol. The van der Waals surface area contributed by atoms with Gasteiger partial charge in [0.25, 0.3) is 0 Å². The molecule has 0 heterocycles. The SMILES string of the molecule is COc1cc(C#N)ccc1OC/C=C/c1ccccc1. The molecule has 0 atom stereocenters. The van der Waals surface area contributed by atoms with Gasteiger partial charge in [0.2, 0.25) is 0 Å². The molecule has 0 amide bonds. The highest BCUT2D eigenvalue weighted by molar-refractivity contribution is 5.49. The van der Waals surface area contributed by atoms with Gasteiger partial charge in [0, 0.05) is 6.07 Å². The van der Waals surface area contributed by atoms with E-state index in [1.807, 2.05) is 42.5 Å². The summed E-state index contributed by atoms with van der Waals surface area (Å²) in [7, 11) is 1.56. The van der Waals surface area contributed by atoms with E-state index in [1.165, 1.54) is 0 Å². The highest BCUT2D eigenvalue weighted by Gasteiger charge is 2.04. The summed E-state index contributed by atoms with van der Waals surface area (Å²) in [5.74, 6) is 1.20. The van der Waals surface area contributed by atoms with Crippen molar-refractivity contribution in [3.8, 4) is 17.6 Å². The zero-order chi connectivity index (χ0) is 14.2. The van der Waals surface area contributed by atoms with Crippen molar-refractivity contribution in [1.29, 1.82) is 5.26 Å². The van der Waals surface area contributed by atoms with Crippen LogP contribution in [0.2, 0.25) is 0 Å². The Morgan fingerprint density at radius 3 is 2.60 bits per heavy atom. The van der Waals surface area contributed by atoms with Gasteiger partial charge in [-0.25, -0.2) is 0 Å². The molecule has 3 nitrogen and oxygen atoms in total. The molecule has 0 N–H and O–H groups in total. The normalized spacial score (nSPS) is 10.2. The van der Waals surface area contributed by atoms with Gasteiger partial charge < -0.3 is 9.47 Å². The summed E-state index contributed by atoms with van der Waals surface area (Å²) in [5, 5.41) is 8.83. The maximum atomic E-state index is 8.83. The number of ether oxygens (including phenoxy) is 2. The van der Waals surface area contributed by atoms with E-state index in [4.69, 9.17) is 14.7 Å². The van der Waals surface area contributed by atoms with Gasteiger partial charge in [0.15, 0.2) is 11.5 Å². The Kier molecular flexibility index (Phi) is 4.80. The summed E-state index contributed by atoms with van der Waals surface area (Å²) in [5.41, 5.74) is 1.68. The summed E-state index contributed by atoms with van der Waals surface area (Å²) < 4.78 is 10.8. The number of benzene rings is 2. The molecule has 2 aromatic rings. The van der Waals surface area contributed by atoms with Crippen LogP contribution < -0.4 is 9.47 Å². The Balaban J connectivity index is 1.98. The lowest BCUT2D eigenvalue weighted by Crippen LogP contribution is -1.96. The van der Waals surface area contributed by atoms with E-state index in [0.717, 1.165) is 5.56 Å². The molecule has 0 aliphatic rings. The predicted molar refractivity (Wildman–Crippen MR) is 78.7 cm³/mol. The Morgan fingerprint density at radius 1 is 1.10 bits per heavy atom. The highest BCUT2D eigenvalue weighted by Crippen LogP contribution is 2.27. The van der Waals surface area contributed by atoms with Crippen LogP contribution in [0.25, 0.3) is 6.08 Å². The second kappa shape index (κ2) is 7.01. The molecule has 0 aliphatic carbocycles. The van der Waals surface area contributed by atoms with E-state index in [2.05, 4.69) is 6.07 Å². The number of hydrogen-bond donors (Lipinski definition) is 0. The van der Waals surface area contributed by atoms with Gasteiger partial charge in [-0.2, -0.15) is 5.26 Å². The van der Waals surface area contributed by atoms with Crippen LogP contribution >= 0.6 is 0 Å². The predicted octanol–water partition coefficient (Wildman–Crippen LogP) is 3.66. The van der Waals surface area contributed by atoms with Crippen LogP contribution in [0.3, 0.4) is 0 Å². The fourth-order valence-electron chi connectivity index (χ4n) is 1.74. The highest BCUT2D eigenvalue weighted by atomic mass is 16.5. The van der Waals surface area contributed by atoms with Gasteiger partial charge in [-0.15, -0.1) is 0 Å². The van der Waals surface area contributed by atoms with E-state index in [1.54, 1.807) is 25.3 Å². The summed E-state index contributed by atoms with van der Waals surface area (Å²) in [4.78, 5) is 0. The Labute approximate surface area is 118 Å². The molecule has 0 unspecified atom stereocenters. The molecule has 100 valence electrons. The van der Waals surface area contributed by atoms with Gasteiger partial charge in [-0.3, -0.25) is 0 Å². The summed E-state index contributed by atoms with van der Waals surface area (Å²) in [6, 6.07) is 17.2. The molecule has 0 aliphatic heterocycles. The van der Waals surface area contributed by atoms with E-state index >= 15 is 0 Å². The molecule has 2 rings (SSSR count). The molecule has 0 radical (unpaired) electrons. The van der Waals surface area contributed by atoms with Crippen molar-refractivity contribution in [2.45, 2.75) is 0 Å². The first-order chi connectivity index (χ1) is 9.83. The maximum absolute atomic E-state index is 8.83. The van der Waals surface area contributed by atoms with Gasteiger partial charge in [-0.05, 0) is 23.8 Å². The summed E-state index contributed by atoms with van der Waals surface area (Å²) in [6.07, 6.45) is 3.93. The van der Waals surface area contributed by atoms with Crippen molar-refractivity contribution in [2.24, 2.45) is 0 Å². The van der Waals surface area contributed by atoms with Gasteiger partial charge in [0.05, 0.1) is 18.7 Å². The third-order valence-corrected chi connectivity index (χ3v) is 2.74. The third kappa shape index (κ3) is 3.63. The van der Waals surface area contributed by atoms with Crippen molar-refractivity contribution < 1.29 is 9.47 Å². The molecule has 0 fully saturated rings. The quantitative estimate of drug-likeness (QED) is 0.828. The monoisotopic (exact) mass is 265 g/mol. The number of methoxy groups -OCH3 is 1. The minimum atomic E-state index is 0.442. The number of nitriles is 1. The van der Waals surface area contributed by atoms with Gasteiger partial charge in [-0.1, -0.05) is 36.4 Å². The maximum Gasteiger partial charge on any atom is 0.162 e. The first kappa shape index (κ1) is 13.7. The molecule has 2 aromatic carbocycles. The minimum Gasteiger partial charge on any atom is -0.493 e. The second-order valence-corrected chi connectivity index (χ2v) is 4.10. The largest absolute Gasteiger partial charge is 0.493 e. The Hall–Kier alpha value is -2.73. The van der Waals surface area contributed by atoms with Crippen LogP contribution in [0.4, 0.5) is 0 Å². The summed E-state index contributed by atoms with van der Waals surface area (Å²) in [6.45, 7) is 0.442. The lowest BCUT2D eigenvalue weighted by atomic mass is 10.2. The van der Waals surface area contributed by atoms with E-state index in [0.29, 0.717) is 23.7 Å². The number of hydrogen-bond acceptors (Lipinski definition) is 3. The smallest absolute Gasteiger partial charge is 0.162 e. The fraction of sp³-hybridized carbons (Fsp3) is 0.118. The van der Waals surface area contributed by atoms with Crippen LogP contribution in [0.15, 0.2) is 54.6 Å². The van der Waals surface area contributed by atoms with Gasteiger partial charge in [0.1, 0.15) is 6.61 Å². The summed E-state index contributed by atoms with van der Waals surface area (Å²) >= 11 is 0. The minimum absolute atomic E-state index is 0.442. The standard InChI is InChI=1S/C17H15NO2/c1-19-17-12-15(13-18)9-10-16(17)20-11-5-8-14-6-3-2-4-7-14/h2-10,12H,11H2,1H3/b8-5+. The Bertz CT molecular complexity index is 627. The molecule has 0 bridgehead atoms. The van der Waals surface area contributed by atoms with Crippen LogP contribution in [0.5, 0.6) is 11.5 Å². The number of nitrogens with zero attached hydrogens (tertiary/aromatic N) is 1. The van der Waals surface area contributed by atoms with Crippen molar-refractivity contribution >= 4 is 6.08 Å². The van der Waals surface area contributed by atoms with Crippen LogP contribution in [0.1, 0.15) is 11.1 Å². The Morgan fingerprint density at radius 2 is 1.90 bits per heavy atom. The fourth-order valence-corrected chi connectivity index (χ4v) is 1.74. The topological polar surface area (TPSA) is 42.2 Å². The van der Waals surface area contributed by atoms with E-state index in [9.17, 15) is 0 Å². The molecule has 0 spiro atoms. The lowest BCUT2D eigenvalue weighted by molar-refractivity contribution is 0.326.